The van der Waals surface area contributed by atoms with Crippen molar-refractivity contribution in [2.24, 2.45) is 4.99 Å². The molecule has 23 heavy (non-hydrogen) atoms. The van der Waals surface area contributed by atoms with Crippen molar-refractivity contribution in [1.29, 1.82) is 0 Å². The molecule has 0 saturated heterocycles. The summed E-state index contributed by atoms with van der Waals surface area (Å²) in [6.07, 6.45) is 1.63. The molecule has 0 fully saturated rings. The quantitative estimate of drug-likeness (QED) is 0.608. The highest BCUT2D eigenvalue weighted by atomic mass is 19.1. The highest BCUT2D eigenvalue weighted by Crippen LogP contribution is 2.18. The molecule has 5 nitrogen and oxygen atoms in total. The lowest BCUT2D eigenvalue weighted by molar-refractivity contribution is 0.321. The van der Waals surface area contributed by atoms with E-state index in [0.29, 0.717) is 25.7 Å². The van der Waals surface area contributed by atoms with E-state index in [1.54, 1.807) is 12.3 Å². The number of halogens is 1. The fourth-order valence-electron chi connectivity index (χ4n) is 2.01. The van der Waals surface area contributed by atoms with E-state index in [0.717, 1.165) is 17.9 Å². The summed E-state index contributed by atoms with van der Waals surface area (Å²) in [5.74, 6) is 1.37. The molecule has 124 valence electrons. The van der Waals surface area contributed by atoms with E-state index < -0.39 is 0 Å². The fraction of sp³-hybridized carbons (Fsp3) is 0.353. The van der Waals surface area contributed by atoms with Gasteiger partial charge in [0.25, 0.3) is 0 Å². The number of rotatable bonds is 7. The Bertz CT molecular complexity index is 627. The van der Waals surface area contributed by atoms with Crippen LogP contribution >= 0.6 is 0 Å². The number of ether oxygens (including phenoxy) is 1. The zero-order valence-electron chi connectivity index (χ0n) is 13.4. The lowest BCUT2D eigenvalue weighted by atomic mass is 10.2. The first-order valence-electron chi connectivity index (χ1n) is 7.68. The first kappa shape index (κ1) is 16.9. The average Bonchev–Trinajstić information content (AvgIpc) is 3.06. The van der Waals surface area contributed by atoms with Crippen molar-refractivity contribution in [2.75, 3.05) is 13.2 Å². The summed E-state index contributed by atoms with van der Waals surface area (Å²) < 4.78 is 24.3. The van der Waals surface area contributed by atoms with Crippen LogP contribution in [0.25, 0.3) is 0 Å². The normalized spacial score (nSPS) is 11.3. The van der Waals surface area contributed by atoms with E-state index in [1.165, 1.54) is 6.07 Å². The van der Waals surface area contributed by atoms with Gasteiger partial charge in [-0.1, -0.05) is 6.07 Å². The molecule has 0 radical (unpaired) electrons. The van der Waals surface area contributed by atoms with Gasteiger partial charge in [0.1, 0.15) is 5.76 Å². The average molecular weight is 319 g/mol. The van der Waals surface area contributed by atoms with Crippen molar-refractivity contribution in [3.05, 3.63) is 53.7 Å². The molecule has 0 amide bonds. The summed E-state index contributed by atoms with van der Waals surface area (Å²) >= 11 is 0. The predicted molar refractivity (Wildman–Crippen MR) is 87.9 cm³/mol. The van der Waals surface area contributed by atoms with E-state index in [1.807, 2.05) is 32.0 Å². The smallest absolute Gasteiger partial charge is 0.191 e. The van der Waals surface area contributed by atoms with Crippen LogP contribution < -0.4 is 15.4 Å². The maximum absolute atomic E-state index is 13.8. The Morgan fingerprint density at radius 2 is 2.13 bits per heavy atom. The van der Waals surface area contributed by atoms with E-state index in [2.05, 4.69) is 15.6 Å². The van der Waals surface area contributed by atoms with Gasteiger partial charge in [-0.3, -0.25) is 0 Å². The van der Waals surface area contributed by atoms with Crippen LogP contribution in [0.15, 0.2) is 46.0 Å². The number of nitrogens with zero attached hydrogens (tertiary/aromatic N) is 1. The summed E-state index contributed by atoms with van der Waals surface area (Å²) in [6, 6.07) is 8.62. The number of hydrogen-bond acceptors (Lipinski definition) is 3. The Hall–Kier alpha value is -2.50. The van der Waals surface area contributed by atoms with Gasteiger partial charge in [0.2, 0.25) is 0 Å². The molecule has 0 atom stereocenters. The van der Waals surface area contributed by atoms with E-state index in [-0.39, 0.29) is 11.6 Å². The zero-order valence-corrected chi connectivity index (χ0v) is 13.4. The van der Waals surface area contributed by atoms with Gasteiger partial charge in [-0.15, -0.1) is 0 Å². The van der Waals surface area contributed by atoms with Crippen LogP contribution in [-0.4, -0.2) is 19.1 Å². The third-order valence-electron chi connectivity index (χ3n) is 3.07. The Labute approximate surface area is 135 Å². The maximum atomic E-state index is 13.8. The van der Waals surface area contributed by atoms with Crippen LogP contribution in [0.4, 0.5) is 4.39 Å². The third-order valence-corrected chi connectivity index (χ3v) is 3.07. The molecule has 0 bridgehead atoms. The molecular formula is C17H22FN3O2. The summed E-state index contributed by atoms with van der Waals surface area (Å²) in [4.78, 5) is 4.45. The van der Waals surface area contributed by atoms with Gasteiger partial charge in [-0.2, -0.15) is 0 Å². The SMILES string of the molecule is CCNC(=NCc1ccc(OCC)c(F)c1)NCc1ccco1. The van der Waals surface area contributed by atoms with Crippen LogP contribution in [-0.2, 0) is 13.1 Å². The van der Waals surface area contributed by atoms with Crippen LogP contribution in [0.2, 0.25) is 0 Å². The van der Waals surface area contributed by atoms with Gasteiger partial charge in [0, 0.05) is 6.54 Å². The van der Waals surface area contributed by atoms with Gasteiger partial charge in [0.15, 0.2) is 17.5 Å². The first-order valence-corrected chi connectivity index (χ1v) is 7.68. The lowest BCUT2D eigenvalue weighted by Crippen LogP contribution is -2.36. The summed E-state index contributed by atoms with van der Waals surface area (Å²) in [7, 11) is 0. The van der Waals surface area contributed by atoms with Gasteiger partial charge >= 0.3 is 0 Å². The predicted octanol–water partition coefficient (Wildman–Crippen LogP) is 3.07. The molecule has 0 aliphatic carbocycles. The van der Waals surface area contributed by atoms with Crippen LogP contribution in [0.3, 0.4) is 0 Å². The monoisotopic (exact) mass is 319 g/mol. The minimum atomic E-state index is -0.368. The minimum absolute atomic E-state index is 0.267. The van der Waals surface area contributed by atoms with Crippen molar-refractivity contribution in [3.8, 4) is 5.75 Å². The topological polar surface area (TPSA) is 58.8 Å². The molecule has 0 unspecified atom stereocenters. The number of aliphatic imine (C=N–C) groups is 1. The molecule has 2 N–H and O–H groups in total. The molecule has 0 aliphatic rings. The Morgan fingerprint density at radius 1 is 1.26 bits per heavy atom. The number of benzene rings is 1. The maximum Gasteiger partial charge on any atom is 0.191 e. The number of guanidine groups is 1. The molecule has 0 aliphatic heterocycles. The van der Waals surface area contributed by atoms with Crippen LogP contribution in [0, 0.1) is 5.82 Å². The lowest BCUT2D eigenvalue weighted by Gasteiger charge is -2.10. The van der Waals surface area contributed by atoms with Crippen LogP contribution in [0.1, 0.15) is 25.2 Å². The minimum Gasteiger partial charge on any atom is -0.491 e. The molecule has 0 saturated carbocycles. The molecular weight excluding hydrogens is 297 g/mol. The third kappa shape index (κ3) is 5.32. The first-order chi connectivity index (χ1) is 11.2. The molecule has 1 aromatic heterocycles. The van der Waals surface area contributed by atoms with Crippen molar-refractivity contribution in [2.45, 2.75) is 26.9 Å². The highest BCUT2D eigenvalue weighted by Gasteiger charge is 2.05. The molecule has 6 heteroatoms. The summed E-state index contributed by atoms with van der Waals surface area (Å²) in [5.41, 5.74) is 0.779. The van der Waals surface area contributed by atoms with Crippen molar-refractivity contribution in [1.82, 2.24) is 10.6 Å². The second kappa shape index (κ2) is 8.82. The Balaban J connectivity index is 1.97. The van der Waals surface area contributed by atoms with Crippen molar-refractivity contribution < 1.29 is 13.5 Å². The van der Waals surface area contributed by atoms with Crippen molar-refractivity contribution >= 4 is 5.96 Å². The van der Waals surface area contributed by atoms with Gasteiger partial charge in [-0.25, -0.2) is 9.38 Å². The molecule has 0 spiro atoms. The number of nitrogens with one attached hydrogen (secondary N) is 2. The van der Waals surface area contributed by atoms with E-state index in [4.69, 9.17) is 9.15 Å². The highest BCUT2D eigenvalue weighted by molar-refractivity contribution is 5.79. The molecule has 1 aromatic carbocycles. The zero-order chi connectivity index (χ0) is 16.5. The van der Waals surface area contributed by atoms with Gasteiger partial charge < -0.3 is 19.8 Å². The number of hydrogen-bond donors (Lipinski definition) is 2. The summed E-state index contributed by atoms with van der Waals surface area (Å²) in [5, 5.41) is 6.31. The van der Waals surface area contributed by atoms with Crippen molar-refractivity contribution in [3.63, 3.8) is 0 Å². The second-order valence-electron chi connectivity index (χ2n) is 4.83. The van der Waals surface area contributed by atoms with Gasteiger partial charge in [0.05, 0.1) is 26.0 Å². The fourth-order valence-corrected chi connectivity index (χ4v) is 2.01. The van der Waals surface area contributed by atoms with Gasteiger partial charge in [-0.05, 0) is 43.7 Å². The van der Waals surface area contributed by atoms with E-state index >= 15 is 0 Å². The summed E-state index contributed by atoms with van der Waals surface area (Å²) in [6.45, 7) is 5.90. The molecule has 2 aromatic rings. The van der Waals surface area contributed by atoms with Crippen LogP contribution in [0.5, 0.6) is 5.75 Å². The standard InChI is InChI=1S/C17H22FN3O2/c1-3-19-17(21-12-14-6-5-9-23-14)20-11-13-7-8-16(22-4-2)15(18)10-13/h5-10H,3-4,11-12H2,1-2H3,(H2,19,20,21). The second-order valence-corrected chi connectivity index (χ2v) is 4.83. The molecule has 2 rings (SSSR count). The molecule has 1 heterocycles. The largest absolute Gasteiger partial charge is 0.491 e. The Morgan fingerprint density at radius 3 is 2.78 bits per heavy atom. The number of furan rings is 1. The van der Waals surface area contributed by atoms with E-state index in [9.17, 15) is 4.39 Å². The Kier molecular flexibility index (Phi) is 6.47.